The van der Waals surface area contributed by atoms with Gasteiger partial charge >= 0.3 is 5.97 Å². The number of carbonyl (C=O) groups excluding carboxylic acids is 1. The van der Waals surface area contributed by atoms with Gasteiger partial charge in [0.2, 0.25) is 12.1 Å². The van der Waals surface area contributed by atoms with Crippen molar-refractivity contribution >= 4 is 16.9 Å². The van der Waals surface area contributed by atoms with Crippen LogP contribution >= 0.6 is 0 Å². The van der Waals surface area contributed by atoms with E-state index in [1.54, 1.807) is 6.20 Å². The second-order valence-corrected chi connectivity index (χ2v) is 9.14. The Morgan fingerprint density at radius 1 is 1.05 bits per heavy atom. The van der Waals surface area contributed by atoms with Crippen LogP contribution in [0.3, 0.4) is 0 Å². The van der Waals surface area contributed by atoms with Gasteiger partial charge in [0.15, 0.2) is 6.10 Å². The van der Waals surface area contributed by atoms with Crippen molar-refractivity contribution in [2.24, 2.45) is 5.73 Å². The van der Waals surface area contributed by atoms with Crippen LogP contribution in [0.25, 0.3) is 10.9 Å². The van der Waals surface area contributed by atoms with Gasteiger partial charge in [-0.1, -0.05) is 18.2 Å². The summed E-state index contributed by atoms with van der Waals surface area (Å²) in [4.78, 5) is 16.0. The van der Waals surface area contributed by atoms with Crippen LogP contribution < -0.4 is 5.73 Å². The Morgan fingerprint density at radius 3 is 2.41 bits per heavy atom. The first-order valence-corrected chi connectivity index (χ1v) is 11.7. The molecule has 10 N–H and O–H groups in total. The van der Waals surface area contributed by atoms with Gasteiger partial charge in [-0.15, -0.1) is 0 Å². The number of ether oxygens (including phenoxy) is 4. The Bertz CT molecular complexity index is 1070. The molecule has 0 radical (unpaired) electrons. The molecule has 37 heavy (non-hydrogen) atoms. The van der Waals surface area contributed by atoms with E-state index in [1.807, 2.05) is 24.3 Å². The average Bonchev–Trinajstić information content (AvgIpc) is 3.42. The van der Waals surface area contributed by atoms with Gasteiger partial charge in [-0.05, 0) is 11.6 Å². The topological polar surface area (TPSA) is 237 Å². The van der Waals surface area contributed by atoms with Crippen molar-refractivity contribution < 1.29 is 59.5 Å². The number of carbonyl (C=O) groups is 1. The van der Waals surface area contributed by atoms with E-state index < -0.39 is 86.6 Å². The number of aliphatic hydroxyl groups excluding tert-OH is 7. The Labute approximate surface area is 210 Å². The summed E-state index contributed by atoms with van der Waals surface area (Å²) < 4.78 is 21.8. The lowest BCUT2D eigenvalue weighted by Gasteiger charge is -2.44. The number of hydrogen-bond acceptors (Lipinski definition) is 13. The molecule has 2 saturated heterocycles. The number of fused-ring (bicyclic) bond motifs is 1. The van der Waals surface area contributed by atoms with Crippen LogP contribution in [0, 0.1) is 0 Å². The Balaban J connectivity index is 1.53. The van der Waals surface area contributed by atoms with Gasteiger partial charge in [0.1, 0.15) is 49.3 Å². The quantitative estimate of drug-likeness (QED) is 0.142. The van der Waals surface area contributed by atoms with Gasteiger partial charge in [-0.25, -0.2) is 0 Å². The smallest absolute Gasteiger partial charge is 0.323 e. The zero-order chi connectivity index (χ0) is 26.9. The highest BCUT2D eigenvalue weighted by Gasteiger charge is 2.59. The van der Waals surface area contributed by atoms with Crippen molar-refractivity contribution in [1.82, 2.24) is 4.98 Å². The van der Waals surface area contributed by atoms with Crippen LogP contribution in [0.2, 0.25) is 0 Å². The highest BCUT2D eigenvalue weighted by atomic mass is 16.8. The number of para-hydroxylation sites is 1. The number of nitrogens with one attached hydrogen (secondary N) is 1. The molecule has 2 aromatic rings. The maximum Gasteiger partial charge on any atom is 0.323 e. The number of aromatic amines is 1. The van der Waals surface area contributed by atoms with E-state index in [0.29, 0.717) is 0 Å². The highest BCUT2D eigenvalue weighted by Crippen LogP contribution is 2.36. The molecule has 0 bridgehead atoms. The summed E-state index contributed by atoms with van der Waals surface area (Å²) in [5, 5.41) is 71.3. The number of H-pyrrole nitrogens is 1. The molecule has 14 nitrogen and oxygen atoms in total. The molecule has 10 atom stereocenters. The molecule has 0 spiro atoms. The number of hydrogen-bond donors (Lipinski definition) is 9. The van der Waals surface area contributed by atoms with E-state index in [1.165, 1.54) is 0 Å². The third kappa shape index (κ3) is 5.23. The van der Waals surface area contributed by atoms with Crippen molar-refractivity contribution in [3.05, 3.63) is 36.0 Å². The minimum Gasteiger partial charge on any atom is -0.453 e. The Kier molecular flexibility index (Phi) is 8.47. The van der Waals surface area contributed by atoms with Crippen LogP contribution in [0.15, 0.2) is 30.5 Å². The summed E-state index contributed by atoms with van der Waals surface area (Å²) in [6.07, 6.45) is -11.6. The average molecular weight is 529 g/mol. The standard InChI is InChI=1S/C23H32N2O12/c24-12(5-10-6-25-13-4-2-1-3-11(10)13)21(33)35-19-18(31)16(29)14(7-26)34-22(19)37-23(9-28)20(32)17(30)15(8-27)36-23/h1-4,6,12,14-20,22,25-32H,5,7-9,24H2/t12-,14+,15+,16+,17+,18-,19+,20-,22+,23-/m0/s1. The monoisotopic (exact) mass is 528 g/mol. The lowest BCUT2D eigenvalue weighted by atomic mass is 9.98. The third-order valence-corrected chi connectivity index (χ3v) is 6.72. The van der Waals surface area contributed by atoms with Crippen molar-refractivity contribution in [2.75, 3.05) is 19.8 Å². The Hall–Kier alpha value is -2.21. The fourth-order valence-electron chi connectivity index (χ4n) is 4.59. The van der Waals surface area contributed by atoms with Crippen molar-refractivity contribution in [2.45, 2.75) is 67.3 Å². The summed E-state index contributed by atoms with van der Waals surface area (Å²) >= 11 is 0. The Morgan fingerprint density at radius 2 is 1.76 bits per heavy atom. The molecule has 3 heterocycles. The second-order valence-electron chi connectivity index (χ2n) is 9.14. The molecule has 1 aromatic carbocycles. The number of benzene rings is 1. The van der Waals surface area contributed by atoms with Crippen LogP contribution in [0.4, 0.5) is 0 Å². The van der Waals surface area contributed by atoms with Gasteiger partial charge in [0.25, 0.3) is 0 Å². The molecule has 2 fully saturated rings. The van der Waals surface area contributed by atoms with Crippen LogP contribution in [0.1, 0.15) is 5.56 Å². The SMILES string of the molecule is N[C@@H](Cc1c[nH]c2ccccc12)C(=O)O[C@H]1[C@@H](O[C@]2(CO)O[C@H](CO)[C@@H](O)[C@@H]2O)O[C@H](CO)[C@@H](O)[C@@H]1O. The fourth-order valence-corrected chi connectivity index (χ4v) is 4.59. The summed E-state index contributed by atoms with van der Waals surface area (Å²) in [6, 6.07) is 6.17. The van der Waals surface area contributed by atoms with Crippen LogP contribution in [0.5, 0.6) is 0 Å². The van der Waals surface area contributed by atoms with Gasteiger partial charge in [0.05, 0.1) is 13.2 Å². The van der Waals surface area contributed by atoms with Gasteiger partial charge < -0.3 is 65.4 Å². The first kappa shape index (κ1) is 27.8. The second kappa shape index (κ2) is 11.3. The minimum atomic E-state index is -2.35. The van der Waals surface area contributed by atoms with Crippen molar-refractivity contribution in [1.29, 1.82) is 0 Å². The van der Waals surface area contributed by atoms with E-state index in [0.717, 1.165) is 16.5 Å². The third-order valence-electron chi connectivity index (χ3n) is 6.72. The van der Waals surface area contributed by atoms with E-state index in [2.05, 4.69) is 4.98 Å². The van der Waals surface area contributed by atoms with Gasteiger partial charge in [-0.2, -0.15) is 0 Å². The number of nitrogens with two attached hydrogens (primary N) is 1. The zero-order valence-electron chi connectivity index (χ0n) is 19.7. The molecule has 2 aliphatic heterocycles. The molecular formula is C23H32N2O12. The largest absolute Gasteiger partial charge is 0.453 e. The summed E-state index contributed by atoms with van der Waals surface area (Å²) in [5.74, 6) is -3.34. The summed E-state index contributed by atoms with van der Waals surface area (Å²) in [5.41, 5.74) is 7.65. The van der Waals surface area contributed by atoms with Crippen LogP contribution in [-0.2, 0) is 30.2 Å². The molecule has 14 heteroatoms. The van der Waals surface area contributed by atoms with Crippen LogP contribution in [-0.4, -0.2) is 127 Å². The summed E-state index contributed by atoms with van der Waals surface area (Å²) in [6.45, 7) is -2.53. The molecule has 4 rings (SSSR count). The van der Waals surface area contributed by atoms with E-state index in [4.69, 9.17) is 24.7 Å². The normalized spacial score (nSPS) is 37.1. The highest BCUT2D eigenvalue weighted by molar-refractivity contribution is 5.84. The number of aliphatic hydroxyl groups is 7. The minimum absolute atomic E-state index is 0.0621. The van der Waals surface area contributed by atoms with E-state index in [9.17, 15) is 40.5 Å². The lowest BCUT2D eigenvalue weighted by Crippen LogP contribution is -2.64. The maximum atomic E-state index is 12.9. The predicted molar refractivity (Wildman–Crippen MR) is 122 cm³/mol. The summed E-state index contributed by atoms with van der Waals surface area (Å²) in [7, 11) is 0. The molecule has 0 amide bonds. The van der Waals surface area contributed by atoms with E-state index >= 15 is 0 Å². The zero-order valence-corrected chi connectivity index (χ0v) is 19.7. The fraction of sp³-hybridized carbons (Fsp3) is 0.609. The number of esters is 1. The predicted octanol–water partition coefficient (Wildman–Crippen LogP) is -3.79. The first-order valence-electron chi connectivity index (χ1n) is 11.7. The molecule has 1 aromatic heterocycles. The molecule has 206 valence electrons. The molecule has 0 saturated carbocycles. The lowest BCUT2D eigenvalue weighted by molar-refractivity contribution is -0.384. The maximum absolute atomic E-state index is 12.9. The van der Waals surface area contributed by atoms with Crippen molar-refractivity contribution in [3.63, 3.8) is 0 Å². The van der Waals surface area contributed by atoms with Crippen molar-refractivity contribution in [3.8, 4) is 0 Å². The van der Waals surface area contributed by atoms with Gasteiger partial charge in [0, 0.05) is 23.5 Å². The van der Waals surface area contributed by atoms with Gasteiger partial charge in [-0.3, -0.25) is 4.79 Å². The number of rotatable bonds is 9. The first-order chi connectivity index (χ1) is 17.7. The molecule has 2 aliphatic rings. The van der Waals surface area contributed by atoms with E-state index in [-0.39, 0.29) is 6.42 Å². The molecule has 0 unspecified atom stereocenters. The number of aromatic nitrogens is 1. The molecular weight excluding hydrogens is 496 g/mol. The molecule has 0 aliphatic carbocycles.